The fraction of sp³-hybridized carbons (Fsp3) is 0.429. The molecule has 0 nitrogen and oxygen atoms in total. The first-order chi connectivity index (χ1) is 5.15. The molecular weight excluding hydrogens is 356 g/mol. The van der Waals surface area contributed by atoms with Crippen LogP contribution in [-0.4, -0.2) is 0 Å². The van der Waals surface area contributed by atoms with E-state index in [0.29, 0.717) is 4.83 Å². The van der Waals surface area contributed by atoms with Crippen molar-refractivity contribution < 1.29 is 0 Å². The Morgan fingerprint density at radius 1 is 1.55 bits per heavy atom. The van der Waals surface area contributed by atoms with Crippen LogP contribution in [0, 0.1) is 0 Å². The second-order valence-corrected chi connectivity index (χ2v) is 6.51. The largest absolute Gasteiger partial charge is 0.131 e. The maximum atomic E-state index is 3.60. The molecule has 1 aromatic heterocycles. The maximum Gasteiger partial charge on any atom is 0.0843 e. The molecule has 0 saturated carbocycles. The molecule has 0 radical (unpaired) electrons. The minimum atomic E-state index is 0.495. The Morgan fingerprint density at radius 2 is 2.18 bits per heavy atom. The van der Waals surface area contributed by atoms with Crippen LogP contribution in [0.2, 0.25) is 0 Å². The van der Waals surface area contributed by atoms with Crippen molar-refractivity contribution in [2.75, 3.05) is 0 Å². The summed E-state index contributed by atoms with van der Waals surface area (Å²) >= 11 is 12.3. The summed E-state index contributed by atoms with van der Waals surface area (Å²) in [5, 5.41) is 0. The molecule has 1 unspecified atom stereocenters. The van der Waals surface area contributed by atoms with E-state index >= 15 is 0 Å². The van der Waals surface area contributed by atoms with E-state index in [0.717, 1.165) is 10.9 Å². The van der Waals surface area contributed by atoms with Gasteiger partial charge in [0.15, 0.2) is 0 Å². The molecule has 0 bridgehead atoms. The van der Waals surface area contributed by atoms with Gasteiger partial charge >= 0.3 is 0 Å². The van der Waals surface area contributed by atoms with Crippen molar-refractivity contribution >= 4 is 59.1 Å². The number of rotatable bonds is 2. The topological polar surface area (TPSA) is 0 Å². The van der Waals surface area contributed by atoms with Crippen LogP contribution in [0.5, 0.6) is 0 Å². The van der Waals surface area contributed by atoms with Gasteiger partial charge in [0, 0.05) is 14.2 Å². The highest BCUT2D eigenvalue weighted by Crippen LogP contribution is 2.39. The zero-order valence-electron chi connectivity index (χ0n) is 5.90. The summed E-state index contributed by atoms with van der Waals surface area (Å²) < 4.78 is 2.32. The van der Waals surface area contributed by atoms with Crippen LogP contribution in [0.4, 0.5) is 0 Å². The van der Waals surface area contributed by atoms with Crippen molar-refractivity contribution in [2.45, 2.75) is 18.2 Å². The molecule has 1 aromatic rings. The molecule has 0 fully saturated rings. The molecule has 0 aliphatic heterocycles. The number of alkyl halides is 1. The Labute approximate surface area is 95.8 Å². The van der Waals surface area contributed by atoms with Crippen molar-refractivity contribution in [3.8, 4) is 0 Å². The van der Waals surface area contributed by atoms with Crippen LogP contribution in [0.1, 0.15) is 23.0 Å². The summed E-state index contributed by atoms with van der Waals surface area (Å²) in [5.41, 5.74) is 0. The Hall–Kier alpha value is 1.14. The average Bonchev–Trinajstić information content (AvgIpc) is 2.31. The Bertz CT molecular complexity index is 224. The van der Waals surface area contributed by atoms with Gasteiger partial charge in [-0.15, -0.1) is 11.3 Å². The average molecular weight is 363 g/mol. The molecule has 0 N–H and O–H groups in total. The fourth-order valence-electron chi connectivity index (χ4n) is 0.719. The molecule has 0 spiro atoms. The van der Waals surface area contributed by atoms with E-state index in [2.05, 4.69) is 60.8 Å². The lowest BCUT2D eigenvalue weighted by Gasteiger charge is -2.00. The van der Waals surface area contributed by atoms with Gasteiger partial charge in [0.25, 0.3) is 0 Å². The van der Waals surface area contributed by atoms with E-state index in [1.807, 2.05) is 0 Å². The zero-order chi connectivity index (χ0) is 8.43. The smallest absolute Gasteiger partial charge is 0.0843 e. The lowest BCUT2D eigenvalue weighted by molar-refractivity contribution is 0.929. The van der Waals surface area contributed by atoms with Gasteiger partial charge in [-0.3, -0.25) is 0 Å². The van der Waals surface area contributed by atoms with Gasteiger partial charge in [-0.25, -0.2) is 0 Å². The fourth-order valence-corrected chi connectivity index (χ4v) is 3.28. The van der Waals surface area contributed by atoms with E-state index in [4.69, 9.17) is 0 Å². The molecule has 0 aromatic carbocycles. The molecular formula is C7H7Br3S. The van der Waals surface area contributed by atoms with Crippen LogP contribution in [-0.2, 0) is 0 Å². The second-order valence-electron chi connectivity index (χ2n) is 2.15. The number of hydrogen-bond acceptors (Lipinski definition) is 1. The van der Waals surface area contributed by atoms with Gasteiger partial charge in [-0.2, -0.15) is 0 Å². The summed E-state index contributed by atoms with van der Waals surface area (Å²) in [4.78, 5) is 1.86. The number of hydrogen-bond donors (Lipinski definition) is 0. The van der Waals surface area contributed by atoms with E-state index in [9.17, 15) is 0 Å². The molecule has 1 heterocycles. The van der Waals surface area contributed by atoms with Gasteiger partial charge < -0.3 is 0 Å². The number of thiophene rings is 1. The van der Waals surface area contributed by atoms with Crippen LogP contribution in [0.15, 0.2) is 14.3 Å². The summed E-state index contributed by atoms with van der Waals surface area (Å²) in [7, 11) is 0. The molecule has 0 amide bonds. The number of halogens is 3. The summed E-state index contributed by atoms with van der Waals surface area (Å²) in [5.74, 6) is 0. The highest BCUT2D eigenvalue weighted by molar-refractivity contribution is 9.13. The third-order valence-electron chi connectivity index (χ3n) is 1.33. The first kappa shape index (κ1) is 10.2. The first-order valence-electron chi connectivity index (χ1n) is 3.24. The van der Waals surface area contributed by atoms with Gasteiger partial charge in [0.1, 0.15) is 0 Å². The highest BCUT2D eigenvalue weighted by Gasteiger charge is 2.10. The van der Waals surface area contributed by atoms with E-state index in [1.54, 1.807) is 11.3 Å². The Balaban J connectivity index is 2.88. The van der Waals surface area contributed by atoms with Crippen molar-refractivity contribution in [1.82, 2.24) is 0 Å². The van der Waals surface area contributed by atoms with Gasteiger partial charge in [0.05, 0.1) is 3.79 Å². The quantitative estimate of drug-likeness (QED) is 0.640. The molecule has 0 aliphatic rings. The monoisotopic (exact) mass is 360 g/mol. The second kappa shape index (κ2) is 4.40. The normalized spacial score (nSPS) is 13.5. The predicted octanol–water partition coefficient (Wildman–Crippen LogP) is 5.12. The first-order valence-corrected chi connectivity index (χ1v) is 6.55. The predicted molar refractivity (Wildman–Crippen MR) is 61.7 cm³/mol. The SMILES string of the molecule is CCC(Br)c1cc(Br)c(Br)s1. The standard InChI is InChI=1S/C7H7Br3S/c1-2-4(8)6-3-5(9)7(10)11-6/h3-4H,2H2,1H3. The zero-order valence-corrected chi connectivity index (χ0v) is 11.5. The summed E-state index contributed by atoms with van der Waals surface area (Å²) in [6.07, 6.45) is 1.12. The molecule has 1 atom stereocenters. The van der Waals surface area contributed by atoms with Crippen LogP contribution in [0.25, 0.3) is 0 Å². The van der Waals surface area contributed by atoms with Crippen molar-refractivity contribution in [3.05, 3.63) is 19.2 Å². The minimum absolute atomic E-state index is 0.495. The van der Waals surface area contributed by atoms with Crippen LogP contribution < -0.4 is 0 Å². The van der Waals surface area contributed by atoms with Crippen molar-refractivity contribution in [1.29, 1.82) is 0 Å². The van der Waals surface area contributed by atoms with E-state index in [-0.39, 0.29) is 0 Å². The van der Waals surface area contributed by atoms with Gasteiger partial charge in [-0.05, 0) is 44.3 Å². The van der Waals surface area contributed by atoms with E-state index in [1.165, 1.54) is 8.66 Å². The third-order valence-corrected chi connectivity index (χ3v) is 6.15. The van der Waals surface area contributed by atoms with E-state index < -0.39 is 0 Å². The van der Waals surface area contributed by atoms with Crippen molar-refractivity contribution in [3.63, 3.8) is 0 Å². The molecule has 0 aliphatic carbocycles. The summed E-state index contributed by atoms with van der Waals surface area (Å²) in [6.45, 7) is 2.17. The van der Waals surface area contributed by atoms with Crippen LogP contribution in [0.3, 0.4) is 0 Å². The molecule has 4 heteroatoms. The Kier molecular flexibility index (Phi) is 4.09. The lowest BCUT2D eigenvalue weighted by Crippen LogP contribution is -1.79. The van der Waals surface area contributed by atoms with Crippen molar-refractivity contribution in [2.24, 2.45) is 0 Å². The summed E-state index contributed by atoms with van der Waals surface area (Å²) in [6, 6.07) is 2.15. The third kappa shape index (κ3) is 2.54. The minimum Gasteiger partial charge on any atom is -0.131 e. The highest BCUT2D eigenvalue weighted by atomic mass is 79.9. The molecule has 1 rings (SSSR count). The van der Waals surface area contributed by atoms with Gasteiger partial charge in [0.2, 0.25) is 0 Å². The van der Waals surface area contributed by atoms with Crippen LogP contribution >= 0.6 is 59.1 Å². The lowest BCUT2D eigenvalue weighted by atomic mass is 10.3. The van der Waals surface area contributed by atoms with Gasteiger partial charge in [-0.1, -0.05) is 22.9 Å². The Morgan fingerprint density at radius 3 is 2.55 bits per heavy atom. The molecule has 11 heavy (non-hydrogen) atoms. The maximum absolute atomic E-state index is 3.60. The molecule has 62 valence electrons. The molecule has 0 saturated heterocycles.